The summed E-state index contributed by atoms with van der Waals surface area (Å²) in [6.45, 7) is 4.60. The van der Waals surface area contributed by atoms with Gasteiger partial charge in [-0.2, -0.15) is 0 Å². The molecule has 2 nitrogen and oxygen atoms in total. The van der Waals surface area contributed by atoms with Crippen LogP contribution < -0.4 is 10.6 Å². The van der Waals surface area contributed by atoms with Crippen LogP contribution in [0.5, 0.6) is 0 Å². The molecule has 0 saturated carbocycles. The van der Waals surface area contributed by atoms with E-state index in [2.05, 4.69) is 194 Å². The fraction of sp³-hybridized carbons (Fsp3) is 0.0968. The van der Waals surface area contributed by atoms with Crippen molar-refractivity contribution in [1.82, 2.24) is 0 Å². The molecule has 0 aliphatic heterocycles. The summed E-state index contributed by atoms with van der Waals surface area (Å²) in [6.07, 6.45) is 19.3. The summed E-state index contributed by atoms with van der Waals surface area (Å²) in [5.74, 6) is 1.18. The van der Waals surface area contributed by atoms with E-state index < -0.39 is 0 Å². The van der Waals surface area contributed by atoms with Crippen LogP contribution in [0.1, 0.15) is 69.2 Å². The molecule has 7 aromatic rings. The molecule has 6 aliphatic rings. The molecule has 4 unspecified atom stereocenters. The Balaban J connectivity index is 0.996. The predicted octanol–water partition coefficient (Wildman–Crippen LogP) is 15.5. The topological polar surface area (TPSA) is 29.3 Å². The molecule has 0 aromatic heterocycles. The summed E-state index contributed by atoms with van der Waals surface area (Å²) >= 11 is 0. The van der Waals surface area contributed by atoms with E-state index in [0.717, 1.165) is 41.2 Å². The van der Waals surface area contributed by atoms with E-state index in [1.165, 1.54) is 89.1 Å². The van der Waals surface area contributed by atoms with Crippen molar-refractivity contribution < 1.29 is 0 Å². The molecule has 0 spiro atoms. The summed E-state index contributed by atoms with van der Waals surface area (Å²) in [6, 6.07) is 59.4. The number of nitrogens with zero attached hydrogens (tertiary/aromatic N) is 1. The van der Waals surface area contributed by atoms with Crippen LogP contribution in [0.4, 0.5) is 17.1 Å². The van der Waals surface area contributed by atoms with E-state index in [0.29, 0.717) is 17.8 Å². The molecule has 6 aliphatic carbocycles. The highest BCUT2D eigenvalue weighted by atomic mass is 15.2. The van der Waals surface area contributed by atoms with E-state index in [1.54, 1.807) is 0 Å². The Bertz CT molecular complexity index is 3280. The zero-order chi connectivity index (χ0) is 42.5. The molecule has 0 fully saturated rings. The van der Waals surface area contributed by atoms with Crippen LogP contribution in [0.25, 0.3) is 56.3 Å². The highest BCUT2D eigenvalue weighted by Gasteiger charge is 2.47. The first kappa shape index (κ1) is 36.9. The van der Waals surface area contributed by atoms with Gasteiger partial charge in [-0.15, -0.1) is 0 Å². The Morgan fingerprint density at radius 2 is 1.27 bits per heavy atom. The van der Waals surface area contributed by atoms with Gasteiger partial charge in [-0.1, -0.05) is 183 Å². The number of nitrogen functional groups attached to an aromatic ring is 1. The molecule has 0 heterocycles. The second kappa shape index (κ2) is 14.4. The molecule has 7 aromatic carbocycles. The van der Waals surface area contributed by atoms with Crippen LogP contribution in [0.15, 0.2) is 212 Å². The van der Waals surface area contributed by atoms with Crippen LogP contribution in [0, 0.1) is 11.8 Å². The fourth-order valence-corrected chi connectivity index (χ4v) is 12.2. The molecule has 4 atom stereocenters. The summed E-state index contributed by atoms with van der Waals surface area (Å²) in [5, 5.41) is 0. The lowest BCUT2D eigenvalue weighted by Crippen LogP contribution is -2.21. The fourth-order valence-electron chi connectivity index (χ4n) is 12.2. The number of benzene rings is 7. The first-order chi connectivity index (χ1) is 31.6. The molecule has 0 bridgehead atoms. The Hall–Kier alpha value is -7.68. The third kappa shape index (κ3) is 5.39. The van der Waals surface area contributed by atoms with E-state index in [1.807, 2.05) is 24.3 Å². The summed E-state index contributed by atoms with van der Waals surface area (Å²) in [4.78, 5) is 2.20. The molecule has 0 radical (unpaired) electrons. The average molecular weight is 819 g/mol. The van der Waals surface area contributed by atoms with Gasteiger partial charge >= 0.3 is 0 Å². The molecule has 0 saturated heterocycles. The third-order valence-electron chi connectivity index (χ3n) is 14.9. The van der Waals surface area contributed by atoms with E-state index in [9.17, 15) is 0 Å². The standard InChI is InChI=1S/C62H46N2/c1-38(39-17-5-2-6-18-39)64(55-30-14-13-29-54(55)63)43-33-31-40(32-34-43)44-35-36-51-58-47(44)25-15-28-50(58)61-56(41-19-7-3-8-20-41)53-37-52-46-24-12-11-23-45(46)48-26-16-27-49(59(48)52)60(53)57(62(51)61)42-21-9-4-10-22-42/h2-24,26-34,36-37,44,47,49,59H,1,25,35,63H2. The number of allylic oxidation sites excluding steroid dienone is 11. The molecule has 304 valence electrons. The number of para-hydroxylation sites is 2. The zero-order valence-corrected chi connectivity index (χ0v) is 35.6. The molecule has 2 heteroatoms. The highest BCUT2D eigenvalue weighted by Crippen LogP contribution is 2.65. The predicted molar refractivity (Wildman–Crippen MR) is 269 cm³/mol. The van der Waals surface area contributed by atoms with Gasteiger partial charge in [-0.25, -0.2) is 0 Å². The quantitative estimate of drug-likeness (QED) is 0.162. The number of anilines is 3. The number of hydrogen-bond donors (Lipinski definition) is 1. The van der Waals surface area contributed by atoms with Gasteiger partial charge in [-0.05, 0) is 150 Å². The molecular formula is C62H46N2. The molecule has 13 rings (SSSR count). The maximum absolute atomic E-state index is 6.66. The minimum atomic E-state index is 0.216. The van der Waals surface area contributed by atoms with Crippen LogP contribution in [-0.4, -0.2) is 0 Å². The van der Waals surface area contributed by atoms with E-state index >= 15 is 0 Å². The van der Waals surface area contributed by atoms with Gasteiger partial charge in [0, 0.05) is 23.2 Å². The van der Waals surface area contributed by atoms with Crippen molar-refractivity contribution in [1.29, 1.82) is 0 Å². The number of hydrogen-bond acceptors (Lipinski definition) is 2. The van der Waals surface area contributed by atoms with Crippen LogP contribution >= 0.6 is 0 Å². The van der Waals surface area contributed by atoms with Crippen molar-refractivity contribution in [3.05, 3.63) is 257 Å². The van der Waals surface area contributed by atoms with Crippen LogP contribution in [0.2, 0.25) is 0 Å². The Morgan fingerprint density at radius 1 is 0.609 bits per heavy atom. The maximum atomic E-state index is 6.66. The molecule has 64 heavy (non-hydrogen) atoms. The first-order valence-electron chi connectivity index (χ1n) is 22.8. The van der Waals surface area contributed by atoms with E-state index in [4.69, 9.17) is 5.73 Å². The van der Waals surface area contributed by atoms with Gasteiger partial charge in [0.2, 0.25) is 0 Å². The van der Waals surface area contributed by atoms with Crippen LogP contribution in [-0.2, 0) is 0 Å². The number of nitrogens with two attached hydrogens (primary N) is 1. The van der Waals surface area contributed by atoms with Crippen molar-refractivity contribution in [2.75, 3.05) is 10.6 Å². The highest BCUT2D eigenvalue weighted by molar-refractivity contribution is 6.16. The SMILES string of the molecule is C=C(c1ccccc1)N(c1ccc(C2CC=C3C4=C(C=CCC42)c2c3c(-c3ccccc3)c3c(c2-c2ccccc2)C=C2c4ccccc4C4=CC=CC3C42)cc1)c1ccccc1N. The molecule has 0 amide bonds. The van der Waals surface area contributed by atoms with Crippen molar-refractivity contribution in [2.24, 2.45) is 11.8 Å². The zero-order valence-electron chi connectivity index (χ0n) is 35.6. The number of fused-ring (bicyclic) bond motifs is 8. The van der Waals surface area contributed by atoms with Crippen molar-refractivity contribution in [3.8, 4) is 22.3 Å². The van der Waals surface area contributed by atoms with Gasteiger partial charge in [0.15, 0.2) is 0 Å². The van der Waals surface area contributed by atoms with E-state index in [-0.39, 0.29) is 5.92 Å². The Labute approximate surface area is 375 Å². The summed E-state index contributed by atoms with van der Waals surface area (Å²) in [7, 11) is 0. The molecule has 2 N–H and O–H groups in total. The van der Waals surface area contributed by atoms with Crippen molar-refractivity contribution in [3.63, 3.8) is 0 Å². The summed E-state index contributed by atoms with van der Waals surface area (Å²) in [5.41, 5.74) is 33.7. The van der Waals surface area contributed by atoms with Gasteiger partial charge < -0.3 is 10.6 Å². The normalized spacial score (nSPS) is 20.3. The lowest BCUT2D eigenvalue weighted by Gasteiger charge is -2.37. The van der Waals surface area contributed by atoms with Gasteiger partial charge in [0.1, 0.15) is 0 Å². The Kier molecular flexibility index (Phi) is 8.33. The maximum Gasteiger partial charge on any atom is 0.0691 e. The van der Waals surface area contributed by atoms with Crippen LogP contribution in [0.3, 0.4) is 0 Å². The Morgan fingerprint density at radius 3 is 2.00 bits per heavy atom. The minimum absolute atomic E-state index is 0.216. The monoisotopic (exact) mass is 818 g/mol. The number of rotatable bonds is 7. The lowest BCUT2D eigenvalue weighted by molar-refractivity contribution is 0.490. The largest absolute Gasteiger partial charge is 0.397 e. The lowest BCUT2D eigenvalue weighted by atomic mass is 9.66. The average Bonchev–Trinajstić information content (AvgIpc) is 3.86. The minimum Gasteiger partial charge on any atom is -0.397 e. The van der Waals surface area contributed by atoms with Gasteiger partial charge in [-0.3, -0.25) is 0 Å². The second-order valence-electron chi connectivity index (χ2n) is 18.0. The van der Waals surface area contributed by atoms with Crippen molar-refractivity contribution in [2.45, 2.75) is 24.7 Å². The second-order valence-corrected chi connectivity index (χ2v) is 18.0. The van der Waals surface area contributed by atoms with Gasteiger partial charge in [0.05, 0.1) is 11.4 Å². The smallest absolute Gasteiger partial charge is 0.0691 e. The third-order valence-corrected chi connectivity index (χ3v) is 14.9. The molecular weight excluding hydrogens is 773 g/mol. The van der Waals surface area contributed by atoms with Crippen molar-refractivity contribution >= 4 is 51.1 Å². The summed E-state index contributed by atoms with van der Waals surface area (Å²) < 4.78 is 0. The van der Waals surface area contributed by atoms with Gasteiger partial charge in [0.25, 0.3) is 0 Å². The first-order valence-corrected chi connectivity index (χ1v) is 22.8.